The molecule has 1 N–H and O–H groups in total. The van der Waals surface area contributed by atoms with Crippen molar-refractivity contribution in [3.05, 3.63) is 48.0 Å². The highest BCUT2D eigenvalue weighted by molar-refractivity contribution is 6.22. The van der Waals surface area contributed by atoms with Gasteiger partial charge in [0.15, 0.2) is 6.61 Å². The fourth-order valence-corrected chi connectivity index (χ4v) is 5.75. The SMILES string of the molecule is COc1ccc(OC)c(NC(=O)COC(=O)c2cccc(N3C(=O)[C@H]4[C@H]5CC[C@@H](C5)[C@@H]4C3=O)c2)c1. The highest BCUT2D eigenvalue weighted by atomic mass is 16.5. The summed E-state index contributed by atoms with van der Waals surface area (Å²) >= 11 is 0. The molecule has 0 spiro atoms. The van der Waals surface area contributed by atoms with Crippen LogP contribution in [0.2, 0.25) is 0 Å². The third-order valence-corrected chi connectivity index (χ3v) is 7.28. The number of carbonyl (C=O) groups is 4. The molecule has 4 atom stereocenters. The Morgan fingerprint density at radius 2 is 1.69 bits per heavy atom. The van der Waals surface area contributed by atoms with Gasteiger partial charge in [-0.1, -0.05) is 6.07 Å². The summed E-state index contributed by atoms with van der Waals surface area (Å²) in [7, 11) is 2.97. The van der Waals surface area contributed by atoms with E-state index in [9.17, 15) is 19.2 Å². The number of ether oxygens (including phenoxy) is 3. The minimum atomic E-state index is -0.737. The quantitative estimate of drug-likeness (QED) is 0.481. The summed E-state index contributed by atoms with van der Waals surface area (Å²) in [5.74, 6) is -0.623. The van der Waals surface area contributed by atoms with Crippen LogP contribution in [0.1, 0.15) is 29.6 Å². The van der Waals surface area contributed by atoms with Crippen molar-refractivity contribution in [1.82, 2.24) is 0 Å². The van der Waals surface area contributed by atoms with Gasteiger partial charge >= 0.3 is 5.97 Å². The standard InChI is InChI=1S/C26H26N2O7/c1-33-18-8-9-20(34-2)19(12-18)27-21(29)13-35-26(32)16-4-3-5-17(11-16)28-24(30)22-14-6-7-15(10-14)23(22)25(28)31/h3-5,8-9,11-12,14-15,22-23H,6-7,10,13H2,1-2H3,(H,27,29)/t14-,15-,22-,23-/m0/s1. The third kappa shape index (κ3) is 4.00. The molecule has 2 saturated carbocycles. The van der Waals surface area contributed by atoms with E-state index in [-0.39, 0.29) is 41.0 Å². The van der Waals surface area contributed by atoms with Gasteiger partial charge in [-0.3, -0.25) is 19.3 Å². The number of methoxy groups -OCH3 is 2. The van der Waals surface area contributed by atoms with E-state index in [1.54, 1.807) is 30.3 Å². The molecule has 2 aliphatic carbocycles. The van der Waals surface area contributed by atoms with E-state index in [0.29, 0.717) is 22.9 Å². The fourth-order valence-electron chi connectivity index (χ4n) is 5.75. The summed E-state index contributed by atoms with van der Waals surface area (Å²) in [4.78, 5) is 52.4. The Hall–Kier alpha value is -3.88. The van der Waals surface area contributed by atoms with Crippen molar-refractivity contribution in [3.63, 3.8) is 0 Å². The maximum atomic E-state index is 13.1. The summed E-state index contributed by atoms with van der Waals surface area (Å²) in [5, 5.41) is 2.63. The van der Waals surface area contributed by atoms with Crippen LogP contribution in [-0.2, 0) is 19.1 Å². The molecule has 2 bridgehead atoms. The number of rotatable bonds is 7. The number of carbonyl (C=O) groups excluding carboxylic acids is 4. The number of benzene rings is 2. The number of nitrogens with one attached hydrogen (secondary N) is 1. The van der Waals surface area contributed by atoms with Crippen molar-refractivity contribution >= 4 is 35.1 Å². The Morgan fingerprint density at radius 3 is 2.34 bits per heavy atom. The van der Waals surface area contributed by atoms with Crippen molar-refractivity contribution in [2.24, 2.45) is 23.7 Å². The summed E-state index contributed by atoms with van der Waals surface area (Å²) in [6.07, 6.45) is 2.94. The second kappa shape index (κ2) is 9.05. The smallest absolute Gasteiger partial charge is 0.338 e. The van der Waals surface area contributed by atoms with Gasteiger partial charge in [-0.15, -0.1) is 0 Å². The highest BCUT2D eigenvalue weighted by Crippen LogP contribution is 2.56. The predicted octanol–water partition coefficient (Wildman–Crippen LogP) is 3.03. The molecule has 0 aromatic heterocycles. The van der Waals surface area contributed by atoms with E-state index in [0.717, 1.165) is 19.3 Å². The van der Waals surface area contributed by atoms with Crippen LogP contribution in [0.15, 0.2) is 42.5 Å². The van der Waals surface area contributed by atoms with Gasteiger partial charge in [-0.25, -0.2) is 4.79 Å². The fraction of sp³-hybridized carbons (Fsp3) is 0.385. The molecule has 0 unspecified atom stereocenters. The third-order valence-electron chi connectivity index (χ3n) is 7.28. The van der Waals surface area contributed by atoms with E-state index < -0.39 is 18.5 Å². The van der Waals surface area contributed by atoms with Crippen molar-refractivity contribution in [3.8, 4) is 11.5 Å². The molecule has 2 aromatic rings. The average molecular weight is 479 g/mol. The van der Waals surface area contributed by atoms with Crippen molar-refractivity contribution in [2.75, 3.05) is 31.0 Å². The maximum Gasteiger partial charge on any atom is 0.338 e. The molecule has 5 rings (SSSR count). The van der Waals surface area contributed by atoms with Gasteiger partial charge in [0.1, 0.15) is 11.5 Å². The number of hydrogen-bond donors (Lipinski definition) is 1. The highest BCUT2D eigenvalue weighted by Gasteiger charge is 2.61. The Kier molecular flexibility index (Phi) is 5.92. The van der Waals surface area contributed by atoms with Gasteiger partial charge in [0.25, 0.3) is 5.91 Å². The second-order valence-electron chi connectivity index (χ2n) is 9.14. The van der Waals surface area contributed by atoms with E-state index >= 15 is 0 Å². The first-order valence-electron chi connectivity index (χ1n) is 11.6. The Labute approximate surface area is 202 Å². The Bertz CT molecular complexity index is 1180. The molecular formula is C26H26N2O7. The van der Waals surface area contributed by atoms with Crippen molar-refractivity contribution in [1.29, 1.82) is 0 Å². The molecule has 9 nitrogen and oxygen atoms in total. The van der Waals surface area contributed by atoms with Crippen molar-refractivity contribution < 1.29 is 33.4 Å². The van der Waals surface area contributed by atoms with E-state index in [4.69, 9.17) is 14.2 Å². The van der Waals surface area contributed by atoms with Gasteiger partial charge < -0.3 is 19.5 Å². The number of esters is 1. The van der Waals surface area contributed by atoms with E-state index in [1.165, 1.54) is 31.3 Å². The zero-order valence-corrected chi connectivity index (χ0v) is 19.5. The molecular weight excluding hydrogens is 452 g/mol. The van der Waals surface area contributed by atoms with Gasteiger partial charge in [0.05, 0.1) is 43.0 Å². The van der Waals surface area contributed by atoms with E-state index in [2.05, 4.69) is 5.32 Å². The number of hydrogen-bond acceptors (Lipinski definition) is 7. The molecule has 182 valence electrons. The molecule has 9 heteroatoms. The lowest BCUT2D eigenvalue weighted by Crippen LogP contribution is -2.32. The zero-order chi connectivity index (χ0) is 24.7. The molecule has 35 heavy (non-hydrogen) atoms. The molecule has 1 saturated heterocycles. The maximum absolute atomic E-state index is 13.1. The summed E-state index contributed by atoms with van der Waals surface area (Å²) in [6.45, 7) is -0.529. The molecule has 3 fully saturated rings. The largest absolute Gasteiger partial charge is 0.497 e. The minimum Gasteiger partial charge on any atom is -0.497 e. The van der Waals surface area contributed by atoms with Crippen LogP contribution in [-0.4, -0.2) is 44.5 Å². The van der Waals surface area contributed by atoms with Crippen molar-refractivity contribution in [2.45, 2.75) is 19.3 Å². The summed E-state index contributed by atoms with van der Waals surface area (Å²) in [5.41, 5.74) is 0.879. The summed E-state index contributed by atoms with van der Waals surface area (Å²) < 4.78 is 15.6. The molecule has 1 heterocycles. The van der Waals surface area contributed by atoms with Gasteiger partial charge in [0.2, 0.25) is 11.8 Å². The molecule has 0 radical (unpaired) electrons. The molecule has 3 amide bonds. The van der Waals surface area contributed by atoms with Crippen LogP contribution in [0, 0.1) is 23.7 Å². The van der Waals surface area contributed by atoms with Crippen LogP contribution in [0.4, 0.5) is 11.4 Å². The van der Waals surface area contributed by atoms with Gasteiger partial charge in [-0.05, 0) is 61.4 Å². The first-order chi connectivity index (χ1) is 16.9. The first kappa shape index (κ1) is 22.9. The summed E-state index contributed by atoms with van der Waals surface area (Å²) in [6, 6.07) is 11.1. The topological polar surface area (TPSA) is 111 Å². The van der Waals surface area contributed by atoms with Crippen LogP contribution in [0.5, 0.6) is 11.5 Å². The molecule has 2 aromatic carbocycles. The predicted molar refractivity (Wildman–Crippen MR) is 125 cm³/mol. The lowest BCUT2D eigenvalue weighted by Gasteiger charge is -2.19. The minimum absolute atomic E-state index is 0.148. The number of fused-ring (bicyclic) bond motifs is 5. The van der Waals surface area contributed by atoms with Crippen LogP contribution >= 0.6 is 0 Å². The van der Waals surface area contributed by atoms with Crippen LogP contribution in [0.25, 0.3) is 0 Å². The second-order valence-corrected chi connectivity index (χ2v) is 9.14. The van der Waals surface area contributed by atoms with Gasteiger partial charge in [-0.2, -0.15) is 0 Å². The lowest BCUT2D eigenvalue weighted by molar-refractivity contribution is -0.123. The van der Waals surface area contributed by atoms with Gasteiger partial charge in [0, 0.05) is 6.07 Å². The zero-order valence-electron chi connectivity index (χ0n) is 19.5. The molecule has 3 aliphatic rings. The lowest BCUT2D eigenvalue weighted by atomic mass is 9.81. The number of nitrogens with zero attached hydrogens (tertiary/aromatic N) is 1. The van der Waals surface area contributed by atoms with Crippen LogP contribution in [0.3, 0.4) is 0 Å². The Balaban J connectivity index is 1.24. The Morgan fingerprint density at radius 1 is 0.971 bits per heavy atom. The average Bonchev–Trinajstić information content (AvgIpc) is 3.56. The normalized spacial score (nSPS) is 24.3. The van der Waals surface area contributed by atoms with E-state index in [1.807, 2.05) is 0 Å². The number of anilines is 2. The van der Waals surface area contributed by atoms with Crippen LogP contribution < -0.4 is 19.7 Å². The first-order valence-corrected chi connectivity index (χ1v) is 11.6. The molecule has 1 aliphatic heterocycles. The number of imide groups is 1. The number of amides is 3. The monoisotopic (exact) mass is 478 g/mol.